The molecule has 1 aromatic carbocycles. The fourth-order valence-corrected chi connectivity index (χ4v) is 1.63. The molecule has 0 spiro atoms. The van der Waals surface area contributed by atoms with E-state index in [1.807, 2.05) is 0 Å². The van der Waals surface area contributed by atoms with Gasteiger partial charge in [-0.05, 0) is 23.8 Å². The number of alkyl halides is 7. The number of aliphatic hydroxyl groups is 1. The maximum atomic E-state index is 12.4. The summed E-state index contributed by atoms with van der Waals surface area (Å²) in [6.07, 6.45) is -11.2. The third kappa shape index (κ3) is 3.61. The Balaban J connectivity index is 3.39. The summed E-state index contributed by atoms with van der Waals surface area (Å²) in [5.74, 6) is 0. The van der Waals surface area contributed by atoms with E-state index in [4.69, 9.17) is 0 Å². The van der Waals surface area contributed by atoms with Gasteiger partial charge in [0, 0.05) is 5.33 Å². The predicted octanol–water partition coefficient (Wildman–Crippen LogP) is 4.15. The minimum Gasteiger partial charge on any atom is -0.388 e. The quantitative estimate of drug-likeness (QED) is 0.635. The van der Waals surface area contributed by atoms with E-state index in [1.54, 1.807) is 0 Å². The van der Waals surface area contributed by atoms with Gasteiger partial charge in [-0.1, -0.05) is 15.9 Å². The fraction of sp³-hybridized carbons (Fsp3) is 0.400. The van der Waals surface area contributed by atoms with Gasteiger partial charge in [0.15, 0.2) is 0 Å². The third-order valence-electron chi connectivity index (χ3n) is 2.14. The van der Waals surface area contributed by atoms with Crippen LogP contribution < -0.4 is 0 Å². The number of hydrogen-bond acceptors (Lipinski definition) is 1. The van der Waals surface area contributed by atoms with Gasteiger partial charge in [0.1, 0.15) is 0 Å². The number of halogens is 7. The number of hydrogen-bond donors (Lipinski definition) is 1. The molecule has 0 heterocycles. The average molecular weight is 337 g/mol. The molecule has 0 aromatic heterocycles. The Labute approximate surface area is 107 Å². The molecule has 0 radical (unpaired) electrons. The smallest absolute Gasteiger partial charge is 0.388 e. The lowest BCUT2D eigenvalue weighted by Gasteiger charge is -2.16. The molecule has 1 nitrogen and oxygen atoms in total. The van der Waals surface area contributed by atoms with Crippen LogP contribution in [0.2, 0.25) is 0 Å². The van der Waals surface area contributed by atoms with Crippen molar-refractivity contribution in [1.29, 1.82) is 0 Å². The van der Waals surface area contributed by atoms with Gasteiger partial charge in [0.05, 0.1) is 17.2 Å². The summed E-state index contributed by atoms with van der Waals surface area (Å²) in [6, 6.07) is 1.02. The third-order valence-corrected chi connectivity index (χ3v) is 2.75. The highest BCUT2D eigenvalue weighted by Gasteiger charge is 2.37. The molecule has 0 bridgehead atoms. The van der Waals surface area contributed by atoms with Crippen LogP contribution in [0.5, 0.6) is 0 Å². The highest BCUT2D eigenvalue weighted by atomic mass is 79.9. The lowest BCUT2D eigenvalue weighted by Crippen LogP contribution is -2.13. The maximum Gasteiger partial charge on any atom is 0.416 e. The van der Waals surface area contributed by atoms with Gasteiger partial charge in [-0.15, -0.1) is 0 Å². The van der Waals surface area contributed by atoms with Gasteiger partial charge in [-0.3, -0.25) is 0 Å². The molecule has 18 heavy (non-hydrogen) atoms. The molecule has 1 rings (SSSR count). The SMILES string of the molecule is O[C@H](CBr)c1cc(C(F)(F)F)cc(C(F)(F)F)c1. The van der Waals surface area contributed by atoms with Crippen molar-refractivity contribution in [3.63, 3.8) is 0 Å². The summed E-state index contributed by atoms with van der Waals surface area (Å²) in [5.41, 5.74) is -3.31. The Hall–Kier alpha value is -0.760. The Morgan fingerprint density at radius 1 is 0.944 bits per heavy atom. The highest BCUT2D eigenvalue weighted by Crippen LogP contribution is 2.37. The van der Waals surface area contributed by atoms with Gasteiger partial charge < -0.3 is 5.11 Å². The van der Waals surface area contributed by atoms with Crippen LogP contribution in [0.15, 0.2) is 18.2 Å². The standard InChI is InChI=1S/C10H7BrF6O/c11-4-8(18)5-1-6(9(12,13)14)3-7(2-5)10(15,16)17/h1-3,8,18H,4H2/t8-/m1/s1. The lowest BCUT2D eigenvalue weighted by molar-refractivity contribution is -0.143. The Kier molecular flexibility index (Phi) is 4.32. The summed E-state index contributed by atoms with van der Waals surface area (Å²) >= 11 is 2.79. The van der Waals surface area contributed by atoms with Crippen molar-refractivity contribution in [3.8, 4) is 0 Å². The first-order valence-electron chi connectivity index (χ1n) is 4.59. The highest BCUT2D eigenvalue weighted by molar-refractivity contribution is 9.09. The predicted molar refractivity (Wildman–Crippen MR) is 55.2 cm³/mol. The summed E-state index contributed by atoms with van der Waals surface area (Å²) in [7, 11) is 0. The Bertz CT molecular complexity index is 393. The van der Waals surface area contributed by atoms with Gasteiger partial charge in [0.2, 0.25) is 0 Å². The van der Waals surface area contributed by atoms with E-state index in [0.717, 1.165) is 0 Å². The minimum absolute atomic E-state index is 0.0183. The second-order valence-electron chi connectivity index (χ2n) is 3.51. The monoisotopic (exact) mass is 336 g/mol. The number of aliphatic hydroxyl groups excluding tert-OH is 1. The van der Waals surface area contributed by atoms with Crippen LogP contribution in [-0.2, 0) is 12.4 Å². The molecule has 0 aliphatic heterocycles. The zero-order valence-electron chi connectivity index (χ0n) is 8.61. The molecule has 0 saturated carbocycles. The van der Waals surface area contributed by atoms with Crippen LogP contribution >= 0.6 is 15.9 Å². The molecular weight excluding hydrogens is 330 g/mol. The zero-order chi connectivity index (χ0) is 14.1. The van der Waals surface area contributed by atoms with Gasteiger partial charge in [-0.25, -0.2) is 0 Å². The lowest BCUT2D eigenvalue weighted by atomic mass is 10.0. The van der Waals surface area contributed by atoms with Crippen LogP contribution in [-0.4, -0.2) is 10.4 Å². The van der Waals surface area contributed by atoms with Crippen LogP contribution in [0.3, 0.4) is 0 Å². The molecule has 0 amide bonds. The average Bonchev–Trinajstić information content (AvgIpc) is 2.25. The van der Waals surface area contributed by atoms with E-state index >= 15 is 0 Å². The zero-order valence-corrected chi connectivity index (χ0v) is 10.2. The molecule has 1 atom stereocenters. The summed E-state index contributed by atoms with van der Waals surface area (Å²) < 4.78 is 74.7. The van der Waals surface area contributed by atoms with Crippen molar-refractivity contribution >= 4 is 15.9 Å². The largest absolute Gasteiger partial charge is 0.416 e. The minimum atomic E-state index is -4.90. The van der Waals surface area contributed by atoms with Crippen molar-refractivity contribution in [1.82, 2.24) is 0 Å². The Morgan fingerprint density at radius 3 is 1.61 bits per heavy atom. The first-order valence-corrected chi connectivity index (χ1v) is 5.71. The molecule has 1 aromatic rings. The van der Waals surface area contributed by atoms with Crippen molar-refractivity contribution in [2.75, 3.05) is 5.33 Å². The van der Waals surface area contributed by atoms with E-state index in [2.05, 4.69) is 15.9 Å². The van der Waals surface area contributed by atoms with Gasteiger partial charge in [-0.2, -0.15) is 26.3 Å². The van der Waals surface area contributed by atoms with Crippen LogP contribution in [0.4, 0.5) is 26.3 Å². The van der Waals surface area contributed by atoms with Crippen LogP contribution in [0, 0.1) is 0 Å². The molecular formula is C10H7BrF6O. The normalized spacial score (nSPS) is 14.7. The van der Waals surface area contributed by atoms with Crippen molar-refractivity contribution in [2.45, 2.75) is 18.5 Å². The van der Waals surface area contributed by atoms with Crippen molar-refractivity contribution in [3.05, 3.63) is 34.9 Å². The molecule has 1 N–H and O–H groups in total. The molecule has 0 fully saturated rings. The molecule has 8 heteroatoms. The second kappa shape index (κ2) is 5.08. The molecule has 0 unspecified atom stereocenters. The first kappa shape index (κ1) is 15.3. The van der Waals surface area contributed by atoms with E-state index < -0.39 is 35.1 Å². The van der Waals surface area contributed by atoms with Crippen LogP contribution in [0.1, 0.15) is 22.8 Å². The molecule has 0 aliphatic rings. The first-order chi connectivity index (χ1) is 8.05. The fourth-order valence-electron chi connectivity index (χ4n) is 1.26. The van der Waals surface area contributed by atoms with Crippen molar-refractivity contribution < 1.29 is 31.4 Å². The summed E-state index contributed by atoms with van der Waals surface area (Å²) in [4.78, 5) is 0. The number of benzene rings is 1. The van der Waals surface area contributed by atoms with E-state index in [-0.39, 0.29) is 11.4 Å². The Morgan fingerprint density at radius 2 is 1.33 bits per heavy atom. The molecule has 0 aliphatic carbocycles. The van der Waals surface area contributed by atoms with E-state index in [0.29, 0.717) is 12.1 Å². The van der Waals surface area contributed by atoms with Gasteiger partial charge >= 0.3 is 12.4 Å². The maximum absolute atomic E-state index is 12.4. The van der Waals surface area contributed by atoms with Crippen molar-refractivity contribution in [2.24, 2.45) is 0 Å². The van der Waals surface area contributed by atoms with E-state index in [1.165, 1.54) is 0 Å². The molecule has 102 valence electrons. The van der Waals surface area contributed by atoms with Crippen LogP contribution in [0.25, 0.3) is 0 Å². The second-order valence-corrected chi connectivity index (χ2v) is 4.16. The number of rotatable bonds is 2. The summed E-state index contributed by atoms with van der Waals surface area (Å²) in [6.45, 7) is 0. The summed E-state index contributed by atoms with van der Waals surface area (Å²) in [5, 5.41) is 9.17. The van der Waals surface area contributed by atoms with E-state index in [9.17, 15) is 31.4 Å². The van der Waals surface area contributed by atoms with Gasteiger partial charge in [0.25, 0.3) is 0 Å². The molecule has 0 saturated heterocycles. The topological polar surface area (TPSA) is 20.2 Å².